The Morgan fingerprint density at radius 3 is 1.71 bits per heavy atom. The second kappa shape index (κ2) is 9.47. The number of aliphatic carboxylic acids is 1. The van der Waals surface area contributed by atoms with E-state index in [1.165, 1.54) is 5.56 Å². The van der Waals surface area contributed by atoms with E-state index in [2.05, 4.69) is 41.7 Å². The number of hydrogen-bond donors (Lipinski definition) is 2. The van der Waals surface area contributed by atoms with Crippen molar-refractivity contribution in [2.45, 2.75) is 38.8 Å². The zero-order chi connectivity index (χ0) is 22.4. The fraction of sp³-hybridized carbons (Fsp3) is 0.231. The van der Waals surface area contributed by atoms with Crippen LogP contribution in [-0.4, -0.2) is 28.8 Å². The molecule has 5 heteroatoms. The van der Waals surface area contributed by atoms with Crippen molar-refractivity contribution in [3.05, 3.63) is 84.4 Å². The number of nitrogens with one attached hydrogen (secondary N) is 1. The van der Waals surface area contributed by atoms with E-state index in [9.17, 15) is 14.7 Å². The Labute approximate surface area is 182 Å². The number of alkyl carbamates (subject to hydrolysis) is 1. The van der Waals surface area contributed by atoms with Crippen LogP contribution in [0.4, 0.5) is 4.79 Å². The fourth-order valence-electron chi connectivity index (χ4n) is 3.20. The van der Waals surface area contributed by atoms with Crippen molar-refractivity contribution in [2.24, 2.45) is 0 Å². The maximum absolute atomic E-state index is 11.9. The second-order valence-corrected chi connectivity index (χ2v) is 8.38. The summed E-state index contributed by atoms with van der Waals surface area (Å²) < 4.78 is 5.16. The molecule has 5 nitrogen and oxygen atoms in total. The predicted octanol–water partition coefficient (Wildman–Crippen LogP) is 5.54. The van der Waals surface area contributed by atoms with Gasteiger partial charge >= 0.3 is 12.1 Å². The summed E-state index contributed by atoms with van der Waals surface area (Å²) in [5.74, 6) is -1.11. The number of carboxylic acid groups (broad SMARTS) is 1. The third-order valence-corrected chi connectivity index (χ3v) is 4.71. The quantitative estimate of drug-likeness (QED) is 0.552. The monoisotopic (exact) mass is 417 g/mol. The molecule has 0 aliphatic carbocycles. The van der Waals surface area contributed by atoms with Crippen LogP contribution in [-0.2, 0) is 16.0 Å². The number of carboxylic acids is 1. The molecule has 0 bridgehead atoms. The van der Waals surface area contributed by atoms with E-state index in [0.29, 0.717) is 0 Å². The summed E-state index contributed by atoms with van der Waals surface area (Å²) in [5.41, 5.74) is 4.56. The molecule has 0 aromatic heterocycles. The molecule has 0 unspecified atom stereocenters. The van der Waals surface area contributed by atoms with Crippen LogP contribution in [0.3, 0.4) is 0 Å². The van der Waals surface area contributed by atoms with Crippen LogP contribution in [0, 0.1) is 0 Å². The van der Waals surface area contributed by atoms with E-state index in [1.54, 1.807) is 20.8 Å². The molecule has 0 fully saturated rings. The Morgan fingerprint density at radius 1 is 0.806 bits per heavy atom. The van der Waals surface area contributed by atoms with Gasteiger partial charge in [-0.05, 0) is 48.6 Å². The number of carbonyl (C=O) groups excluding carboxylic acids is 1. The molecule has 2 N–H and O–H groups in total. The Balaban J connectivity index is 1.67. The summed E-state index contributed by atoms with van der Waals surface area (Å²) in [4.78, 5) is 23.5. The molecule has 1 atom stereocenters. The predicted molar refractivity (Wildman–Crippen MR) is 122 cm³/mol. The highest BCUT2D eigenvalue weighted by Gasteiger charge is 2.24. The number of ether oxygens (including phenoxy) is 1. The van der Waals surface area contributed by atoms with Crippen molar-refractivity contribution in [1.29, 1.82) is 0 Å². The third-order valence-electron chi connectivity index (χ3n) is 4.71. The third kappa shape index (κ3) is 6.44. The first-order valence-electron chi connectivity index (χ1n) is 10.2. The van der Waals surface area contributed by atoms with Crippen LogP contribution in [0.2, 0.25) is 0 Å². The van der Waals surface area contributed by atoms with Crippen LogP contribution in [0.5, 0.6) is 0 Å². The topological polar surface area (TPSA) is 75.6 Å². The van der Waals surface area contributed by atoms with Crippen LogP contribution >= 0.6 is 0 Å². The van der Waals surface area contributed by atoms with E-state index in [-0.39, 0.29) is 6.42 Å². The zero-order valence-electron chi connectivity index (χ0n) is 18.0. The molecule has 0 heterocycles. The number of rotatable bonds is 6. The minimum Gasteiger partial charge on any atom is -0.480 e. The molecule has 0 saturated carbocycles. The maximum Gasteiger partial charge on any atom is 0.408 e. The van der Waals surface area contributed by atoms with Gasteiger partial charge in [0, 0.05) is 6.42 Å². The Hall–Kier alpha value is -3.60. The number of benzene rings is 3. The van der Waals surface area contributed by atoms with Gasteiger partial charge in [-0.2, -0.15) is 0 Å². The summed E-state index contributed by atoms with van der Waals surface area (Å²) in [7, 11) is 0. The summed E-state index contributed by atoms with van der Waals surface area (Å²) in [6.45, 7) is 5.19. The zero-order valence-corrected chi connectivity index (χ0v) is 18.0. The molecule has 160 valence electrons. The molecule has 0 spiro atoms. The molecule has 31 heavy (non-hydrogen) atoms. The average Bonchev–Trinajstić information content (AvgIpc) is 2.73. The minimum absolute atomic E-state index is 0.168. The highest BCUT2D eigenvalue weighted by atomic mass is 16.6. The lowest BCUT2D eigenvalue weighted by atomic mass is 9.98. The van der Waals surface area contributed by atoms with Gasteiger partial charge in [0.15, 0.2) is 0 Å². The molecule has 0 aliphatic heterocycles. The number of hydrogen-bond acceptors (Lipinski definition) is 3. The van der Waals surface area contributed by atoms with Crippen molar-refractivity contribution in [1.82, 2.24) is 5.32 Å². The Morgan fingerprint density at radius 2 is 1.26 bits per heavy atom. The highest BCUT2D eigenvalue weighted by molar-refractivity contribution is 5.80. The van der Waals surface area contributed by atoms with Crippen molar-refractivity contribution in [2.75, 3.05) is 0 Å². The SMILES string of the molecule is CC(C)(C)OC(=O)N[C@@H](Cc1ccc(-c2ccc(-c3ccccc3)cc2)cc1)C(=O)O. The fourth-order valence-corrected chi connectivity index (χ4v) is 3.20. The molecule has 3 aromatic carbocycles. The minimum atomic E-state index is -1.11. The molecule has 0 radical (unpaired) electrons. The molecule has 0 aliphatic rings. The van der Waals surface area contributed by atoms with Crippen LogP contribution < -0.4 is 5.32 Å². The van der Waals surface area contributed by atoms with Gasteiger partial charge in [0.25, 0.3) is 0 Å². The lowest BCUT2D eigenvalue weighted by molar-refractivity contribution is -0.139. The smallest absolute Gasteiger partial charge is 0.408 e. The Bertz CT molecular complexity index is 1020. The van der Waals surface area contributed by atoms with Gasteiger partial charge in [-0.15, -0.1) is 0 Å². The van der Waals surface area contributed by atoms with Crippen molar-refractivity contribution < 1.29 is 19.4 Å². The van der Waals surface area contributed by atoms with Gasteiger partial charge in [0.2, 0.25) is 0 Å². The first kappa shape index (κ1) is 22.1. The second-order valence-electron chi connectivity index (χ2n) is 8.38. The van der Waals surface area contributed by atoms with Crippen LogP contribution in [0.25, 0.3) is 22.3 Å². The van der Waals surface area contributed by atoms with E-state index >= 15 is 0 Å². The van der Waals surface area contributed by atoms with E-state index < -0.39 is 23.7 Å². The molecular formula is C26H27NO4. The van der Waals surface area contributed by atoms with Gasteiger partial charge in [0.05, 0.1) is 0 Å². The molecule has 1 amide bonds. The molecule has 0 saturated heterocycles. The van der Waals surface area contributed by atoms with Crippen molar-refractivity contribution >= 4 is 12.1 Å². The first-order valence-corrected chi connectivity index (χ1v) is 10.2. The normalized spacial score (nSPS) is 12.1. The lowest BCUT2D eigenvalue weighted by Crippen LogP contribution is -2.44. The first-order chi connectivity index (χ1) is 14.7. The van der Waals surface area contributed by atoms with Crippen LogP contribution in [0.15, 0.2) is 78.9 Å². The van der Waals surface area contributed by atoms with Crippen molar-refractivity contribution in [3.63, 3.8) is 0 Å². The highest BCUT2D eigenvalue weighted by Crippen LogP contribution is 2.25. The summed E-state index contributed by atoms with van der Waals surface area (Å²) in [6, 6.07) is 25.1. The van der Waals surface area contributed by atoms with Gasteiger partial charge in [0.1, 0.15) is 11.6 Å². The van der Waals surface area contributed by atoms with Gasteiger partial charge < -0.3 is 15.2 Å². The molecular weight excluding hydrogens is 390 g/mol. The lowest BCUT2D eigenvalue weighted by Gasteiger charge is -2.22. The summed E-state index contributed by atoms with van der Waals surface area (Å²) in [5, 5.41) is 11.9. The number of carbonyl (C=O) groups is 2. The molecule has 3 aromatic rings. The van der Waals surface area contributed by atoms with Gasteiger partial charge in [-0.3, -0.25) is 0 Å². The average molecular weight is 418 g/mol. The van der Waals surface area contributed by atoms with Crippen LogP contribution in [0.1, 0.15) is 26.3 Å². The van der Waals surface area contributed by atoms with Gasteiger partial charge in [-0.25, -0.2) is 9.59 Å². The number of amides is 1. The van der Waals surface area contributed by atoms with Crippen molar-refractivity contribution in [3.8, 4) is 22.3 Å². The standard InChI is InChI=1S/C26H27NO4/c1-26(2,3)31-25(30)27-23(24(28)29)17-18-9-11-20(12-10-18)22-15-13-21(14-16-22)19-7-5-4-6-8-19/h4-16,23H,17H2,1-3H3,(H,27,30)(H,28,29)/t23-/m0/s1. The summed E-state index contributed by atoms with van der Waals surface area (Å²) in [6.07, 6.45) is -0.572. The Kier molecular flexibility index (Phi) is 6.75. The maximum atomic E-state index is 11.9. The summed E-state index contributed by atoms with van der Waals surface area (Å²) >= 11 is 0. The van der Waals surface area contributed by atoms with Gasteiger partial charge in [-0.1, -0.05) is 78.9 Å². The largest absolute Gasteiger partial charge is 0.480 e. The molecule has 3 rings (SSSR count). The van der Waals surface area contributed by atoms with E-state index in [4.69, 9.17) is 4.74 Å². The van der Waals surface area contributed by atoms with E-state index in [0.717, 1.165) is 22.3 Å². The van der Waals surface area contributed by atoms with E-state index in [1.807, 2.05) is 42.5 Å².